The fourth-order valence-corrected chi connectivity index (χ4v) is 4.18. The van der Waals surface area contributed by atoms with E-state index >= 15 is 0 Å². The van der Waals surface area contributed by atoms with Crippen molar-refractivity contribution in [1.29, 1.82) is 0 Å². The predicted octanol–water partition coefficient (Wildman–Crippen LogP) is 5.35. The molecule has 0 bridgehead atoms. The van der Waals surface area contributed by atoms with Crippen LogP contribution in [0, 0.1) is 17.8 Å². The van der Waals surface area contributed by atoms with Gasteiger partial charge in [-0.25, -0.2) is 4.99 Å². The van der Waals surface area contributed by atoms with Gasteiger partial charge in [-0.15, -0.1) is 0 Å². The predicted molar refractivity (Wildman–Crippen MR) is 133 cm³/mol. The van der Waals surface area contributed by atoms with Crippen molar-refractivity contribution in [2.24, 2.45) is 10.9 Å². The Morgan fingerprint density at radius 2 is 1.80 bits per heavy atom. The lowest BCUT2D eigenvalue weighted by atomic mass is 9.89. The van der Waals surface area contributed by atoms with Crippen molar-refractivity contribution in [3.63, 3.8) is 0 Å². The number of hydrogen-bond donors (Lipinski definition) is 2. The first kappa shape index (κ1) is 29.0. The Kier molecular flexibility index (Phi) is 10.5. The summed E-state index contributed by atoms with van der Waals surface area (Å²) in [5, 5.41) is 12.8. The molecule has 194 valence electrons. The summed E-state index contributed by atoms with van der Waals surface area (Å²) in [5.41, 5.74) is -1.39. The third kappa shape index (κ3) is 10.1. The summed E-state index contributed by atoms with van der Waals surface area (Å²) in [4.78, 5) is 18.9. The molecule has 0 heterocycles. The summed E-state index contributed by atoms with van der Waals surface area (Å²) in [6.45, 7) is 7.15. The number of nitrogens with one attached hydrogen (secondary N) is 1. The van der Waals surface area contributed by atoms with Crippen LogP contribution in [0.25, 0.3) is 0 Å². The zero-order valence-electron chi connectivity index (χ0n) is 20.8. The zero-order valence-corrected chi connectivity index (χ0v) is 21.5. The van der Waals surface area contributed by atoms with Gasteiger partial charge in [-0.3, -0.25) is 4.79 Å². The quantitative estimate of drug-likeness (QED) is 0.223. The number of halogens is 4. The van der Waals surface area contributed by atoms with E-state index in [4.69, 9.17) is 11.6 Å². The molecule has 0 radical (unpaired) electrons. The first-order valence-electron chi connectivity index (χ1n) is 11.9. The van der Waals surface area contributed by atoms with Crippen molar-refractivity contribution in [3.05, 3.63) is 35.4 Å². The summed E-state index contributed by atoms with van der Waals surface area (Å²) in [6.07, 6.45) is 1.30. The average molecular weight is 514 g/mol. The summed E-state index contributed by atoms with van der Waals surface area (Å²) >= 11 is 6.52. The van der Waals surface area contributed by atoms with Crippen molar-refractivity contribution in [3.8, 4) is 11.8 Å². The zero-order chi connectivity index (χ0) is 26.2. The van der Waals surface area contributed by atoms with E-state index in [1.165, 1.54) is 18.6 Å². The van der Waals surface area contributed by atoms with Crippen LogP contribution in [-0.4, -0.2) is 45.4 Å². The van der Waals surface area contributed by atoms with Crippen LogP contribution in [0.5, 0.6) is 0 Å². The molecule has 2 atom stereocenters. The lowest BCUT2D eigenvalue weighted by Gasteiger charge is -2.30. The third-order valence-electron chi connectivity index (χ3n) is 5.89. The monoisotopic (exact) mass is 513 g/mol. The summed E-state index contributed by atoms with van der Waals surface area (Å²) < 4.78 is 38.8. The highest BCUT2D eigenvalue weighted by atomic mass is 35.5. The molecule has 0 spiro atoms. The minimum atomic E-state index is -4.43. The van der Waals surface area contributed by atoms with E-state index in [-0.39, 0.29) is 17.7 Å². The van der Waals surface area contributed by atoms with E-state index < -0.39 is 29.4 Å². The Bertz CT molecular complexity index is 924. The molecule has 0 saturated heterocycles. The molecule has 35 heavy (non-hydrogen) atoms. The van der Waals surface area contributed by atoms with Crippen LogP contribution in [0.2, 0.25) is 0 Å². The van der Waals surface area contributed by atoms with Gasteiger partial charge in [0.05, 0.1) is 5.56 Å². The standard InChI is InChI=1S/C26H35ClF3N3O2/c1-18(14-15-25(3,4)35)32-24(27)33(17-21-10-12-22(13-11-21)26(28,29)30)19(2)23(34)31-16-20-8-6-5-7-9-20/h10-13,18-20,35H,5-9,16-17H2,1-4H3,(H,31,34). The highest BCUT2D eigenvalue weighted by Gasteiger charge is 2.30. The van der Waals surface area contributed by atoms with Crippen molar-refractivity contribution in [2.75, 3.05) is 6.54 Å². The molecule has 2 unspecified atom stereocenters. The van der Waals surface area contributed by atoms with Crippen molar-refractivity contribution >= 4 is 22.8 Å². The maximum absolute atomic E-state index is 13.0. The Morgan fingerprint density at radius 3 is 2.34 bits per heavy atom. The molecule has 1 amide bonds. The van der Waals surface area contributed by atoms with Crippen LogP contribution in [-0.2, 0) is 17.5 Å². The van der Waals surface area contributed by atoms with Gasteiger partial charge in [0.2, 0.25) is 5.91 Å². The van der Waals surface area contributed by atoms with Crippen LogP contribution in [0.4, 0.5) is 13.2 Å². The minimum absolute atomic E-state index is 0.0164. The van der Waals surface area contributed by atoms with Crippen molar-refractivity contribution < 1.29 is 23.1 Å². The number of benzene rings is 1. The van der Waals surface area contributed by atoms with Gasteiger partial charge in [0.15, 0.2) is 5.29 Å². The minimum Gasteiger partial charge on any atom is -0.378 e. The van der Waals surface area contributed by atoms with Crippen LogP contribution in [0.15, 0.2) is 29.3 Å². The topological polar surface area (TPSA) is 64.9 Å². The molecule has 1 saturated carbocycles. The summed E-state index contributed by atoms with van der Waals surface area (Å²) in [6, 6.07) is 3.45. The number of carbonyl (C=O) groups is 1. The number of aliphatic imine (C=N–C) groups is 1. The number of amides is 1. The molecule has 0 aliphatic heterocycles. The number of hydrogen-bond acceptors (Lipinski definition) is 3. The largest absolute Gasteiger partial charge is 0.416 e. The van der Waals surface area contributed by atoms with Gasteiger partial charge in [0, 0.05) is 13.1 Å². The average Bonchev–Trinajstić information content (AvgIpc) is 2.79. The molecule has 1 fully saturated rings. The Hall–Kier alpha value is -2.24. The Labute approximate surface area is 211 Å². The van der Waals surface area contributed by atoms with E-state index in [9.17, 15) is 23.1 Å². The van der Waals surface area contributed by atoms with Gasteiger partial charge in [0.25, 0.3) is 0 Å². The van der Waals surface area contributed by atoms with E-state index in [2.05, 4.69) is 22.2 Å². The normalized spacial score (nSPS) is 17.2. The molecule has 2 rings (SSSR count). The number of amidine groups is 1. The number of aliphatic hydroxyl groups is 1. The van der Waals surface area contributed by atoms with E-state index in [0.717, 1.165) is 37.8 Å². The number of nitrogens with zero attached hydrogens (tertiary/aromatic N) is 2. The van der Waals surface area contributed by atoms with Gasteiger partial charge in [0.1, 0.15) is 17.7 Å². The molecule has 2 N–H and O–H groups in total. The lowest BCUT2D eigenvalue weighted by Crippen LogP contribution is -2.47. The SMILES string of the molecule is CC(C#CC(C)(C)O)N=C(Cl)N(Cc1ccc(C(F)(F)F)cc1)C(C)C(=O)NCC1CCCCC1. The van der Waals surface area contributed by atoms with Gasteiger partial charge in [-0.05, 0) is 75.8 Å². The van der Waals surface area contributed by atoms with Gasteiger partial charge < -0.3 is 15.3 Å². The summed E-state index contributed by atoms with van der Waals surface area (Å²) in [7, 11) is 0. The first-order chi connectivity index (χ1) is 16.3. The highest BCUT2D eigenvalue weighted by molar-refractivity contribution is 6.64. The van der Waals surface area contributed by atoms with Crippen molar-refractivity contribution in [1.82, 2.24) is 10.2 Å². The molecule has 5 nitrogen and oxygen atoms in total. The number of carbonyl (C=O) groups excluding carboxylic acids is 1. The van der Waals surface area contributed by atoms with E-state index in [1.54, 1.807) is 32.6 Å². The number of rotatable bonds is 7. The Morgan fingerprint density at radius 1 is 1.20 bits per heavy atom. The summed E-state index contributed by atoms with van der Waals surface area (Å²) in [5.74, 6) is 5.71. The molecule has 1 aliphatic carbocycles. The van der Waals surface area contributed by atoms with Crippen LogP contribution in [0.1, 0.15) is 70.9 Å². The molecule has 0 aromatic heterocycles. The smallest absolute Gasteiger partial charge is 0.378 e. The second-order valence-corrected chi connectivity index (χ2v) is 9.99. The molecule has 1 aliphatic rings. The van der Waals surface area contributed by atoms with E-state index in [0.29, 0.717) is 18.0 Å². The number of alkyl halides is 3. The van der Waals surface area contributed by atoms with Gasteiger partial charge in [-0.2, -0.15) is 13.2 Å². The molecular formula is C26H35ClF3N3O2. The van der Waals surface area contributed by atoms with Crippen LogP contribution >= 0.6 is 11.6 Å². The van der Waals surface area contributed by atoms with Crippen molar-refractivity contribution in [2.45, 2.75) is 90.2 Å². The third-order valence-corrected chi connectivity index (χ3v) is 6.21. The van der Waals surface area contributed by atoms with E-state index in [1.807, 2.05) is 0 Å². The second kappa shape index (κ2) is 12.6. The molecule has 1 aromatic rings. The van der Waals surface area contributed by atoms with Gasteiger partial charge in [-0.1, -0.05) is 43.2 Å². The maximum Gasteiger partial charge on any atom is 0.416 e. The first-order valence-corrected chi connectivity index (χ1v) is 12.3. The fraction of sp³-hybridized carbons (Fsp3) is 0.615. The molecular weight excluding hydrogens is 479 g/mol. The Balaban J connectivity index is 2.21. The molecule has 1 aromatic carbocycles. The maximum atomic E-state index is 13.0. The van der Waals surface area contributed by atoms with Crippen LogP contribution in [0.3, 0.4) is 0 Å². The fourth-order valence-electron chi connectivity index (χ4n) is 3.83. The molecule has 9 heteroatoms. The second-order valence-electron chi connectivity index (χ2n) is 9.65. The highest BCUT2D eigenvalue weighted by Crippen LogP contribution is 2.29. The van der Waals surface area contributed by atoms with Gasteiger partial charge >= 0.3 is 6.18 Å². The lowest BCUT2D eigenvalue weighted by molar-refractivity contribution is -0.137. The van der Waals surface area contributed by atoms with Crippen LogP contribution < -0.4 is 5.32 Å².